The van der Waals surface area contributed by atoms with Gasteiger partial charge in [-0.1, -0.05) is 42.5 Å². The minimum absolute atomic E-state index is 0.103. The molecule has 0 aliphatic carbocycles. The number of methoxy groups -OCH3 is 1. The molecule has 0 bridgehead atoms. The van der Waals surface area contributed by atoms with Gasteiger partial charge in [0.2, 0.25) is 11.2 Å². The Bertz CT molecular complexity index is 1320. The van der Waals surface area contributed by atoms with Crippen LogP contribution in [-0.4, -0.2) is 13.1 Å². The molecule has 0 aliphatic rings. The van der Waals surface area contributed by atoms with Gasteiger partial charge in [-0.15, -0.1) is 0 Å². The van der Waals surface area contributed by atoms with Crippen LogP contribution < -0.4 is 10.2 Å². The first-order chi connectivity index (χ1) is 15.0. The standard InChI is InChI=1S/C26H22O5/c1-16-12-21-22(13-17(16)2)31-24(19-9-5-4-6-10-19)25(23(21)27)30-15-18-8-7-11-20(14-18)26(28)29-3/h4-14H,15H2,1-3H3. The van der Waals surface area contributed by atoms with E-state index in [1.54, 1.807) is 18.2 Å². The number of hydrogen-bond acceptors (Lipinski definition) is 5. The van der Waals surface area contributed by atoms with Gasteiger partial charge in [0.25, 0.3) is 0 Å². The number of rotatable bonds is 5. The van der Waals surface area contributed by atoms with Gasteiger partial charge in [-0.2, -0.15) is 0 Å². The van der Waals surface area contributed by atoms with Crippen LogP contribution >= 0.6 is 0 Å². The zero-order valence-electron chi connectivity index (χ0n) is 17.6. The van der Waals surface area contributed by atoms with E-state index in [4.69, 9.17) is 13.9 Å². The Kier molecular flexibility index (Phi) is 5.58. The van der Waals surface area contributed by atoms with E-state index in [2.05, 4.69) is 0 Å². The maximum absolute atomic E-state index is 13.4. The summed E-state index contributed by atoms with van der Waals surface area (Å²) in [6, 6.07) is 20.0. The van der Waals surface area contributed by atoms with Crippen molar-refractivity contribution in [2.24, 2.45) is 0 Å². The van der Waals surface area contributed by atoms with E-state index in [1.165, 1.54) is 7.11 Å². The summed E-state index contributed by atoms with van der Waals surface area (Å²) >= 11 is 0. The van der Waals surface area contributed by atoms with E-state index in [0.717, 1.165) is 22.3 Å². The highest BCUT2D eigenvalue weighted by molar-refractivity contribution is 5.89. The largest absolute Gasteiger partial charge is 0.481 e. The maximum Gasteiger partial charge on any atom is 0.337 e. The van der Waals surface area contributed by atoms with E-state index >= 15 is 0 Å². The highest BCUT2D eigenvalue weighted by atomic mass is 16.5. The van der Waals surface area contributed by atoms with Gasteiger partial charge in [-0.25, -0.2) is 4.79 Å². The summed E-state index contributed by atoms with van der Waals surface area (Å²) in [5, 5.41) is 0.473. The number of fused-ring (bicyclic) bond motifs is 1. The highest BCUT2D eigenvalue weighted by Gasteiger charge is 2.19. The van der Waals surface area contributed by atoms with Crippen LogP contribution in [0.15, 0.2) is 75.9 Å². The molecule has 5 nitrogen and oxygen atoms in total. The molecule has 0 spiro atoms. The van der Waals surface area contributed by atoms with Crippen molar-refractivity contribution in [1.29, 1.82) is 0 Å². The predicted octanol–water partition coefficient (Wildman–Crippen LogP) is 5.44. The summed E-state index contributed by atoms with van der Waals surface area (Å²) < 4.78 is 16.9. The number of ether oxygens (including phenoxy) is 2. The van der Waals surface area contributed by atoms with E-state index in [-0.39, 0.29) is 17.8 Å². The summed E-state index contributed by atoms with van der Waals surface area (Å²) in [6.45, 7) is 4.04. The lowest BCUT2D eigenvalue weighted by Crippen LogP contribution is -2.11. The smallest absolute Gasteiger partial charge is 0.337 e. The Balaban J connectivity index is 1.80. The molecular formula is C26H22O5. The summed E-state index contributed by atoms with van der Waals surface area (Å²) in [6.07, 6.45) is 0. The number of aryl methyl sites for hydroxylation is 2. The number of benzene rings is 3. The molecule has 3 aromatic carbocycles. The first-order valence-corrected chi connectivity index (χ1v) is 9.91. The molecule has 4 rings (SSSR count). The lowest BCUT2D eigenvalue weighted by Gasteiger charge is -2.13. The molecule has 0 aliphatic heterocycles. The minimum Gasteiger partial charge on any atom is -0.481 e. The van der Waals surface area contributed by atoms with Gasteiger partial charge in [0, 0.05) is 5.56 Å². The Morgan fingerprint density at radius 3 is 2.42 bits per heavy atom. The molecule has 156 valence electrons. The molecule has 0 radical (unpaired) electrons. The monoisotopic (exact) mass is 414 g/mol. The SMILES string of the molecule is COC(=O)c1cccc(COc2c(-c3ccccc3)oc3cc(C)c(C)cc3c2=O)c1. The fourth-order valence-electron chi connectivity index (χ4n) is 3.41. The molecule has 0 unspecified atom stereocenters. The van der Waals surface area contributed by atoms with Crippen molar-refractivity contribution in [1.82, 2.24) is 0 Å². The molecule has 5 heteroatoms. The summed E-state index contributed by atoms with van der Waals surface area (Å²) in [7, 11) is 1.33. The maximum atomic E-state index is 13.4. The van der Waals surface area contributed by atoms with E-state index in [0.29, 0.717) is 22.3 Å². The van der Waals surface area contributed by atoms with Crippen LogP contribution in [0.25, 0.3) is 22.3 Å². The molecule has 1 aromatic heterocycles. The van der Waals surface area contributed by atoms with Gasteiger partial charge in [0.1, 0.15) is 12.2 Å². The molecule has 0 saturated carbocycles. The average Bonchev–Trinajstić information content (AvgIpc) is 2.80. The Morgan fingerprint density at radius 2 is 1.68 bits per heavy atom. The molecular weight excluding hydrogens is 392 g/mol. The second-order valence-corrected chi connectivity index (χ2v) is 7.37. The predicted molar refractivity (Wildman–Crippen MR) is 120 cm³/mol. The third kappa shape index (κ3) is 4.08. The fourth-order valence-corrected chi connectivity index (χ4v) is 3.41. The average molecular weight is 414 g/mol. The second-order valence-electron chi connectivity index (χ2n) is 7.37. The van der Waals surface area contributed by atoms with Crippen LogP contribution in [0.4, 0.5) is 0 Å². The van der Waals surface area contributed by atoms with Gasteiger partial charge in [0.15, 0.2) is 5.76 Å². The normalized spacial score (nSPS) is 10.8. The van der Waals surface area contributed by atoms with Crippen molar-refractivity contribution in [2.45, 2.75) is 20.5 Å². The van der Waals surface area contributed by atoms with Crippen LogP contribution in [0.2, 0.25) is 0 Å². The summed E-state index contributed by atoms with van der Waals surface area (Å²) in [5.41, 5.74) is 4.24. The molecule has 0 saturated heterocycles. The second kappa shape index (κ2) is 8.48. The molecule has 0 atom stereocenters. The molecule has 0 fully saturated rings. The first kappa shape index (κ1) is 20.4. The van der Waals surface area contributed by atoms with Crippen LogP contribution in [-0.2, 0) is 11.3 Å². The van der Waals surface area contributed by atoms with Gasteiger partial charge in [0.05, 0.1) is 18.1 Å². The van der Waals surface area contributed by atoms with Crippen LogP contribution in [0.5, 0.6) is 5.75 Å². The highest BCUT2D eigenvalue weighted by Crippen LogP contribution is 2.32. The van der Waals surface area contributed by atoms with Gasteiger partial charge in [-0.05, 0) is 54.8 Å². The molecule has 31 heavy (non-hydrogen) atoms. The Hall–Kier alpha value is -3.86. The molecule has 4 aromatic rings. The molecule has 0 N–H and O–H groups in total. The fraction of sp³-hybridized carbons (Fsp3) is 0.154. The quantitative estimate of drug-likeness (QED) is 0.407. The minimum atomic E-state index is -0.428. The topological polar surface area (TPSA) is 65.7 Å². The van der Waals surface area contributed by atoms with E-state index < -0.39 is 5.97 Å². The summed E-state index contributed by atoms with van der Waals surface area (Å²) in [5.74, 6) is 0.0961. The van der Waals surface area contributed by atoms with Crippen molar-refractivity contribution >= 4 is 16.9 Å². The number of carbonyl (C=O) groups is 1. The van der Waals surface area contributed by atoms with Crippen LogP contribution in [0.1, 0.15) is 27.0 Å². The third-order valence-electron chi connectivity index (χ3n) is 5.23. The van der Waals surface area contributed by atoms with Crippen molar-refractivity contribution in [3.05, 3.63) is 99.2 Å². The number of hydrogen-bond donors (Lipinski definition) is 0. The van der Waals surface area contributed by atoms with Crippen LogP contribution in [0.3, 0.4) is 0 Å². The zero-order chi connectivity index (χ0) is 22.0. The molecule has 1 heterocycles. The van der Waals surface area contributed by atoms with Crippen molar-refractivity contribution < 1.29 is 18.7 Å². The first-order valence-electron chi connectivity index (χ1n) is 9.91. The number of esters is 1. The van der Waals surface area contributed by atoms with Crippen molar-refractivity contribution in [3.8, 4) is 17.1 Å². The van der Waals surface area contributed by atoms with E-state index in [1.807, 2.05) is 62.4 Å². The summed E-state index contributed by atoms with van der Waals surface area (Å²) in [4.78, 5) is 25.2. The van der Waals surface area contributed by atoms with Crippen molar-refractivity contribution in [2.75, 3.05) is 7.11 Å². The Labute approximate surface area is 179 Å². The van der Waals surface area contributed by atoms with Crippen molar-refractivity contribution in [3.63, 3.8) is 0 Å². The third-order valence-corrected chi connectivity index (χ3v) is 5.23. The van der Waals surface area contributed by atoms with Gasteiger partial charge in [-0.3, -0.25) is 4.79 Å². The molecule has 0 amide bonds. The van der Waals surface area contributed by atoms with Crippen LogP contribution in [0, 0.1) is 13.8 Å². The zero-order valence-corrected chi connectivity index (χ0v) is 17.6. The lowest BCUT2D eigenvalue weighted by molar-refractivity contribution is 0.0600. The van der Waals surface area contributed by atoms with E-state index in [9.17, 15) is 9.59 Å². The lowest BCUT2D eigenvalue weighted by atomic mass is 10.0. The Morgan fingerprint density at radius 1 is 0.935 bits per heavy atom. The number of carbonyl (C=O) groups excluding carboxylic acids is 1. The van der Waals surface area contributed by atoms with Gasteiger partial charge >= 0.3 is 5.97 Å². The van der Waals surface area contributed by atoms with Gasteiger partial charge < -0.3 is 13.9 Å².